The number of carbonyl (C=O) groups is 2. The molecule has 1 aliphatic heterocycles. The summed E-state index contributed by atoms with van der Waals surface area (Å²) < 4.78 is 0.986. The second-order valence-corrected chi connectivity index (χ2v) is 6.96. The van der Waals surface area contributed by atoms with Crippen LogP contribution in [0.15, 0.2) is 28.7 Å². The molecule has 1 heterocycles. The Hall–Kier alpha value is -1.16. The largest absolute Gasteiger partial charge is 0.275 e. The van der Waals surface area contributed by atoms with Gasteiger partial charge in [0.05, 0.1) is 11.5 Å². The predicted octanol–water partition coefficient (Wildman–Crippen LogP) is 3.93. The van der Waals surface area contributed by atoms with Gasteiger partial charge >= 0.3 is 0 Å². The molecule has 0 aromatic heterocycles. The molecule has 1 saturated heterocycles. The SMILES string of the molecule is CC(c1ccc(Br)cc1)N1C(=O)CC(C)(C(C)C)C1=O. The highest BCUT2D eigenvalue weighted by Gasteiger charge is 2.51. The van der Waals surface area contributed by atoms with Crippen molar-refractivity contribution in [3.8, 4) is 0 Å². The third-order valence-electron chi connectivity index (χ3n) is 4.51. The first-order valence-electron chi connectivity index (χ1n) is 6.89. The van der Waals surface area contributed by atoms with Crippen molar-refractivity contribution in [2.75, 3.05) is 0 Å². The molecule has 2 rings (SSSR count). The molecule has 1 fully saturated rings. The first-order valence-corrected chi connectivity index (χ1v) is 7.68. The molecule has 1 aliphatic rings. The summed E-state index contributed by atoms with van der Waals surface area (Å²) in [5, 5.41) is 0. The van der Waals surface area contributed by atoms with E-state index in [0.717, 1.165) is 10.0 Å². The number of benzene rings is 1. The highest BCUT2D eigenvalue weighted by molar-refractivity contribution is 9.10. The molecular weight excluding hydrogens is 318 g/mol. The van der Waals surface area contributed by atoms with Gasteiger partial charge in [-0.1, -0.05) is 41.9 Å². The maximum absolute atomic E-state index is 12.7. The predicted molar refractivity (Wildman–Crippen MR) is 82.0 cm³/mol. The first-order chi connectivity index (χ1) is 9.27. The average Bonchev–Trinajstić information content (AvgIpc) is 2.61. The van der Waals surface area contributed by atoms with Crippen molar-refractivity contribution < 1.29 is 9.59 Å². The highest BCUT2D eigenvalue weighted by Crippen LogP contribution is 2.42. The lowest BCUT2D eigenvalue weighted by atomic mass is 9.78. The molecule has 108 valence electrons. The molecule has 0 N–H and O–H groups in total. The highest BCUT2D eigenvalue weighted by atomic mass is 79.9. The Morgan fingerprint density at radius 3 is 2.15 bits per heavy atom. The fraction of sp³-hybridized carbons (Fsp3) is 0.500. The fourth-order valence-electron chi connectivity index (χ4n) is 2.60. The molecule has 0 radical (unpaired) electrons. The third kappa shape index (κ3) is 2.41. The Labute approximate surface area is 128 Å². The van der Waals surface area contributed by atoms with Crippen LogP contribution in [0.5, 0.6) is 0 Å². The molecule has 2 amide bonds. The summed E-state index contributed by atoms with van der Waals surface area (Å²) in [5.41, 5.74) is 0.406. The van der Waals surface area contributed by atoms with E-state index in [0.29, 0.717) is 6.42 Å². The van der Waals surface area contributed by atoms with Gasteiger partial charge < -0.3 is 0 Å². The summed E-state index contributed by atoms with van der Waals surface area (Å²) >= 11 is 3.39. The first kappa shape index (κ1) is 15.2. The van der Waals surface area contributed by atoms with E-state index in [1.165, 1.54) is 4.90 Å². The number of likely N-dealkylation sites (tertiary alicyclic amines) is 1. The zero-order valence-corrected chi connectivity index (χ0v) is 13.9. The van der Waals surface area contributed by atoms with Crippen LogP contribution in [0.4, 0.5) is 0 Å². The average molecular weight is 338 g/mol. The minimum absolute atomic E-state index is 0.0482. The molecule has 0 bridgehead atoms. The molecule has 0 saturated carbocycles. The van der Waals surface area contributed by atoms with Gasteiger partial charge in [0.25, 0.3) is 0 Å². The van der Waals surface area contributed by atoms with Crippen molar-refractivity contribution in [1.29, 1.82) is 0 Å². The van der Waals surface area contributed by atoms with Crippen LogP contribution in [-0.2, 0) is 9.59 Å². The van der Waals surface area contributed by atoms with Crippen molar-refractivity contribution in [1.82, 2.24) is 4.90 Å². The molecule has 2 unspecified atom stereocenters. The molecule has 0 aliphatic carbocycles. The maximum Gasteiger partial charge on any atom is 0.236 e. The topological polar surface area (TPSA) is 37.4 Å². The number of rotatable bonds is 3. The molecule has 1 aromatic rings. The molecule has 1 aromatic carbocycles. The molecule has 4 heteroatoms. The monoisotopic (exact) mass is 337 g/mol. The van der Waals surface area contributed by atoms with Gasteiger partial charge in [0, 0.05) is 10.9 Å². The zero-order chi connectivity index (χ0) is 15.1. The lowest BCUT2D eigenvalue weighted by Gasteiger charge is -2.29. The third-order valence-corrected chi connectivity index (χ3v) is 5.04. The number of amides is 2. The van der Waals surface area contributed by atoms with Crippen LogP contribution in [0.3, 0.4) is 0 Å². The molecule has 0 spiro atoms. The second kappa shape index (κ2) is 5.32. The van der Waals surface area contributed by atoms with Crippen molar-refractivity contribution in [2.24, 2.45) is 11.3 Å². The van der Waals surface area contributed by atoms with Crippen molar-refractivity contribution in [2.45, 2.75) is 40.2 Å². The number of nitrogens with zero attached hydrogens (tertiary/aromatic N) is 1. The van der Waals surface area contributed by atoms with Crippen LogP contribution in [0.2, 0.25) is 0 Å². The zero-order valence-electron chi connectivity index (χ0n) is 12.3. The van der Waals surface area contributed by atoms with Crippen LogP contribution >= 0.6 is 15.9 Å². The molecular formula is C16H20BrNO2. The van der Waals surface area contributed by atoms with E-state index in [2.05, 4.69) is 15.9 Å². The summed E-state index contributed by atoms with van der Waals surface area (Å²) in [6.07, 6.45) is 0.310. The normalized spacial score (nSPS) is 24.6. The van der Waals surface area contributed by atoms with Crippen LogP contribution < -0.4 is 0 Å². The van der Waals surface area contributed by atoms with Gasteiger partial charge in [0.2, 0.25) is 11.8 Å². The minimum atomic E-state index is -0.569. The molecule has 2 atom stereocenters. The maximum atomic E-state index is 12.7. The van der Waals surface area contributed by atoms with Gasteiger partial charge in [-0.3, -0.25) is 14.5 Å². The van der Waals surface area contributed by atoms with Crippen LogP contribution in [-0.4, -0.2) is 16.7 Å². The lowest BCUT2D eigenvalue weighted by Crippen LogP contribution is -2.38. The minimum Gasteiger partial charge on any atom is -0.275 e. The summed E-state index contributed by atoms with van der Waals surface area (Å²) in [5.74, 6) is 0.0376. The van der Waals surface area contributed by atoms with E-state index in [1.54, 1.807) is 0 Å². The van der Waals surface area contributed by atoms with E-state index in [-0.39, 0.29) is 23.8 Å². The Morgan fingerprint density at radius 2 is 1.70 bits per heavy atom. The summed E-state index contributed by atoms with van der Waals surface area (Å²) in [4.78, 5) is 26.4. The van der Waals surface area contributed by atoms with E-state index in [1.807, 2.05) is 52.0 Å². The van der Waals surface area contributed by atoms with Gasteiger partial charge in [-0.15, -0.1) is 0 Å². The Morgan fingerprint density at radius 1 is 1.15 bits per heavy atom. The van der Waals surface area contributed by atoms with Crippen LogP contribution in [0.1, 0.15) is 45.7 Å². The van der Waals surface area contributed by atoms with Gasteiger partial charge in [0.15, 0.2) is 0 Å². The lowest BCUT2D eigenvalue weighted by molar-refractivity contribution is -0.144. The molecule has 3 nitrogen and oxygen atoms in total. The van der Waals surface area contributed by atoms with Gasteiger partial charge in [-0.25, -0.2) is 0 Å². The summed E-state index contributed by atoms with van der Waals surface area (Å²) in [7, 11) is 0. The van der Waals surface area contributed by atoms with Crippen LogP contribution in [0.25, 0.3) is 0 Å². The summed E-state index contributed by atoms with van der Waals surface area (Å²) in [6.45, 7) is 7.80. The Balaban J connectivity index is 2.31. The number of hydrogen-bond donors (Lipinski definition) is 0. The molecule has 20 heavy (non-hydrogen) atoms. The van der Waals surface area contributed by atoms with Crippen LogP contribution in [0, 0.1) is 11.3 Å². The Kier molecular flexibility index (Phi) is 4.05. The van der Waals surface area contributed by atoms with Crippen molar-refractivity contribution in [3.63, 3.8) is 0 Å². The number of imide groups is 1. The number of carbonyl (C=O) groups excluding carboxylic acids is 2. The van der Waals surface area contributed by atoms with Gasteiger partial charge in [0.1, 0.15) is 0 Å². The fourth-order valence-corrected chi connectivity index (χ4v) is 2.86. The quantitative estimate of drug-likeness (QED) is 0.783. The van der Waals surface area contributed by atoms with Gasteiger partial charge in [-0.05, 0) is 37.5 Å². The van der Waals surface area contributed by atoms with E-state index < -0.39 is 5.41 Å². The van der Waals surface area contributed by atoms with Gasteiger partial charge in [-0.2, -0.15) is 0 Å². The Bertz CT molecular complexity index is 538. The van der Waals surface area contributed by atoms with Crippen molar-refractivity contribution in [3.05, 3.63) is 34.3 Å². The number of halogens is 1. The second-order valence-electron chi connectivity index (χ2n) is 6.05. The summed E-state index contributed by atoms with van der Waals surface area (Å²) in [6, 6.07) is 7.53. The van der Waals surface area contributed by atoms with Crippen molar-refractivity contribution >= 4 is 27.7 Å². The van der Waals surface area contributed by atoms with E-state index >= 15 is 0 Å². The van der Waals surface area contributed by atoms with E-state index in [9.17, 15) is 9.59 Å². The smallest absolute Gasteiger partial charge is 0.236 e. The van der Waals surface area contributed by atoms with E-state index in [4.69, 9.17) is 0 Å². The standard InChI is InChI=1S/C16H20BrNO2/c1-10(2)16(4)9-14(19)18(15(16)20)11(3)12-5-7-13(17)8-6-12/h5-8,10-11H,9H2,1-4H3. The number of hydrogen-bond acceptors (Lipinski definition) is 2.